The number of nitrogens with zero attached hydrogens (tertiary/aromatic N) is 3. The smallest absolute Gasteiger partial charge is 0.0464 e. The van der Waals surface area contributed by atoms with E-state index in [1.165, 1.54) is 166 Å². The van der Waals surface area contributed by atoms with E-state index in [2.05, 4.69) is 383 Å². The van der Waals surface area contributed by atoms with Crippen LogP contribution in [0.3, 0.4) is 0 Å². The average molecular weight is 2040 g/mol. The molecule has 0 aliphatic heterocycles. The Kier molecular flexibility index (Phi) is 20.8. The molecular formula is C120H81N3Se6. The van der Waals surface area contributed by atoms with Crippen molar-refractivity contribution in [2.45, 2.75) is 57.8 Å². The second-order valence-electron chi connectivity index (χ2n) is 34.6. The van der Waals surface area contributed by atoms with E-state index in [1.54, 1.807) is 0 Å². The predicted molar refractivity (Wildman–Crippen MR) is 556 cm³/mol. The van der Waals surface area contributed by atoms with Gasteiger partial charge >= 0.3 is 668 Å². The van der Waals surface area contributed by atoms with Crippen molar-refractivity contribution in [1.82, 2.24) is 15.0 Å². The number of aromatic nitrogens is 3. The van der Waals surface area contributed by atoms with Gasteiger partial charge in [0.15, 0.2) is 0 Å². The molecule has 0 fully saturated rings. The van der Waals surface area contributed by atoms with Gasteiger partial charge in [-0.25, -0.2) is 0 Å². The van der Waals surface area contributed by atoms with Gasteiger partial charge < -0.3 is 0 Å². The Balaban J connectivity index is 0.462. The first-order valence-corrected chi connectivity index (χ1v) is 55.0. The number of benzene rings is 16. The third-order valence-corrected chi connectivity index (χ3v) is 40.9. The van der Waals surface area contributed by atoms with Crippen molar-refractivity contribution >= 4 is 203 Å². The quantitative estimate of drug-likeness (QED) is 0.0673. The van der Waals surface area contributed by atoms with Crippen molar-refractivity contribution in [3.8, 4) is 100 Å². The molecule has 0 aliphatic rings. The molecule has 0 radical (unpaired) electrons. The maximum Gasteiger partial charge on any atom is -0.0464 e. The summed E-state index contributed by atoms with van der Waals surface area (Å²) >= 11 is 2.04. The maximum atomic E-state index is 5.14. The summed E-state index contributed by atoms with van der Waals surface area (Å²) in [5.41, 5.74) is 29.1. The number of rotatable bonds is 21. The number of aryl methyl sites for hydroxylation is 6. The van der Waals surface area contributed by atoms with Gasteiger partial charge in [-0.15, -0.1) is 0 Å². The second kappa shape index (κ2) is 33.9. The van der Waals surface area contributed by atoms with E-state index < -0.39 is 0 Å². The van der Waals surface area contributed by atoms with Crippen LogP contribution in [0.1, 0.15) is 53.0 Å². The summed E-state index contributed by atoms with van der Waals surface area (Å²) in [6.07, 6.45) is 15.1. The number of hydrogen-bond donors (Lipinski definition) is 0. The summed E-state index contributed by atoms with van der Waals surface area (Å²) in [6, 6.07) is 140. The third-order valence-electron chi connectivity index (χ3n) is 26.4. The molecule has 0 spiro atoms. The molecule has 3 nitrogen and oxygen atoms in total. The van der Waals surface area contributed by atoms with Gasteiger partial charge in [0.05, 0.1) is 0 Å². The van der Waals surface area contributed by atoms with Crippen LogP contribution >= 0.6 is 0 Å². The summed E-state index contributed by atoms with van der Waals surface area (Å²) in [5.74, 6) is 0. The van der Waals surface area contributed by atoms with Crippen LogP contribution in [-0.4, -0.2) is 102 Å². The van der Waals surface area contributed by atoms with Crippen LogP contribution in [0.25, 0.3) is 216 Å². The first-order valence-electron chi connectivity index (χ1n) is 44.7. The van der Waals surface area contributed by atoms with Gasteiger partial charge in [0, 0.05) is 0 Å². The molecule has 0 atom stereocenters. The molecule has 25 aromatic rings. The summed E-state index contributed by atoms with van der Waals surface area (Å²) in [5, 5.41) is 16.9. The van der Waals surface area contributed by atoms with Crippen molar-refractivity contribution in [3.63, 3.8) is 0 Å². The van der Waals surface area contributed by atoms with Crippen molar-refractivity contribution in [1.29, 1.82) is 0 Å². The molecule has 0 unspecified atom stereocenters. The zero-order chi connectivity index (χ0) is 85.0. The van der Waals surface area contributed by atoms with Crippen LogP contribution in [0.4, 0.5) is 0 Å². The van der Waals surface area contributed by atoms with Crippen LogP contribution in [0.15, 0.2) is 383 Å². The zero-order valence-corrected chi connectivity index (χ0v) is 80.8. The zero-order valence-electron chi connectivity index (χ0n) is 70.5. The van der Waals surface area contributed by atoms with E-state index >= 15 is 0 Å². The number of fused-ring (bicyclic) bond motifs is 18. The number of hydrogen-bond acceptors (Lipinski definition) is 3. The normalized spacial score (nSPS) is 12.0. The first kappa shape index (κ1) is 79.3. The molecule has 129 heavy (non-hydrogen) atoms. The molecule has 0 N–H and O–H groups in total. The van der Waals surface area contributed by atoms with Crippen LogP contribution in [0, 0.1) is 0 Å². The third kappa shape index (κ3) is 15.5. The molecule has 16 aromatic carbocycles. The van der Waals surface area contributed by atoms with E-state index in [4.69, 9.17) is 15.0 Å². The van der Waals surface area contributed by atoms with Crippen molar-refractivity contribution < 1.29 is 0 Å². The molecule has 0 saturated heterocycles. The van der Waals surface area contributed by atoms with Crippen molar-refractivity contribution in [2.24, 2.45) is 0 Å². The summed E-state index contributed by atoms with van der Waals surface area (Å²) in [4.78, 5) is 15.4. The van der Waals surface area contributed by atoms with Gasteiger partial charge in [-0.3, -0.25) is 0 Å². The Morgan fingerprint density at radius 3 is 0.597 bits per heavy atom. The largest absolute Gasteiger partial charge is 0.0543 e. The minimum absolute atomic E-state index is 0.309. The molecule has 9 heterocycles. The SMILES string of the molecule is c1cc(-c2ccc(CCCc3ccc4[se]c5ccc(-c6ccc7[se]c8ccccc8c7c6)cc5c4c3)nc2)cc(-c2cc(-c3cccc(-c4ccc(CCCc5ccc6[se]c7ccc(-c8ccc9[se]c%10ccccc%10c9c8)cc7c6c5)nc4)c3)cc(-c3cccc(-c4ccc(CCCc5ccc6[se]c7ccc(-c8ccc9[se]c%10ccccc%10c9c8)cc7c6c5)nc4)c3)c2)c1. The van der Waals surface area contributed by atoms with E-state index in [0.717, 1.165) is 142 Å². The van der Waals surface area contributed by atoms with Crippen LogP contribution in [-0.2, 0) is 38.5 Å². The molecule has 0 saturated carbocycles. The fourth-order valence-electron chi connectivity index (χ4n) is 19.6. The standard InChI is InChI=1S/C120H81N3Se6/c1-4-28-109-97(25-1)103-64-82(37-49-115(103)124-109)85-40-52-118-106(67-85)100-55-73(31-46-112(100)127-118)13-7-22-94-43-34-88(70-121-94)76-16-10-19-79(58-76)91-61-92(80-20-11-17-77(59-80)89-35-44-95(122-71-89)23-8-14-74-32-47-113-101(56-74)107-68-86(41-53-119(107)128-113)83-38-50-116-104(65-83)98-26-2-5-29-110(98)125-116)63-93(62-91)81-21-12-18-78(60-81)90-36-45-96(123-72-90)24-9-15-75-33-48-114-102(57-75)108-69-87(42-54-120(108)129-114)84-39-51-117-105(66-84)99-27-3-6-30-111(99)126-117/h1-6,10-12,16-21,25-72H,7-9,13-15,22-24H2. The number of pyridine rings is 3. The van der Waals surface area contributed by atoms with Gasteiger partial charge in [0.25, 0.3) is 0 Å². The minimum Gasteiger partial charge on any atom is -0.0543 e. The Bertz CT molecular complexity index is 7920. The second-order valence-corrected chi connectivity index (χ2v) is 48.2. The fourth-order valence-corrected chi connectivity index (χ4v) is 33.2. The molecule has 0 aliphatic carbocycles. The Morgan fingerprint density at radius 1 is 0.140 bits per heavy atom. The van der Waals surface area contributed by atoms with Crippen LogP contribution in [0.5, 0.6) is 0 Å². The van der Waals surface area contributed by atoms with E-state index in [-0.39, 0.29) is 0 Å². The molecule has 0 amide bonds. The first-order chi connectivity index (χ1) is 63.7. The van der Waals surface area contributed by atoms with E-state index in [9.17, 15) is 0 Å². The summed E-state index contributed by atoms with van der Waals surface area (Å²) in [6.45, 7) is 0. The van der Waals surface area contributed by atoms with Gasteiger partial charge in [0.1, 0.15) is 0 Å². The van der Waals surface area contributed by atoms with Crippen LogP contribution < -0.4 is 0 Å². The van der Waals surface area contributed by atoms with Gasteiger partial charge in [-0.05, 0) is 69.8 Å². The van der Waals surface area contributed by atoms with Gasteiger partial charge in [-0.1, -0.05) is 54.6 Å². The van der Waals surface area contributed by atoms with Crippen molar-refractivity contribution in [3.05, 3.63) is 416 Å². The maximum absolute atomic E-state index is 5.14. The average Bonchev–Trinajstić information content (AvgIpc) is 1.69. The topological polar surface area (TPSA) is 38.7 Å². The molecule has 9 aromatic heterocycles. The molecular weight excluding hydrogens is 1960 g/mol. The molecule has 612 valence electrons. The minimum atomic E-state index is 0.309. The Labute approximate surface area is 784 Å². The van der Waals surface area contributed by atoms with Crippen molar-refractivity contribution in [2.75, 3.05) is 0 Å². The van der Waals surface area contributed by atoms with E-state index in [0.29, 0.717) is 87.0 Å². The summed E-state index contributed by atoms with van der Waals surface area (Å²) < 4.78 is 17.9. The molecule has 0 bridgehead atoms. The monoisotopic (exact) mass is 2040 g/mol. The Morgan fingerprint density at radius 2 is 0.341 bits per heavy atom. The predicted octanol–water partition coefficient (Wildman–Crippen LogP) is 29.6. The van der Waals surface area contributed by atoms with Gasteiger partial charge in [-0.2, -0.15) is 0 Å². The van der Waals surface area contributed by atoms with Crippen LogP contribution in [0.2, 0.25) is 0 Å². The Hall–Kier alpha value is -11.9. The van der Waals surface area contributed by atoms with Gasteiger partial charge in [0.2, 0.25) is 0 Å². The molecule has 25 rings (SSSR count). The summed E-state index contributed by atoms with van der Waals surface area (Å²) in [7, 11) is 0. The molecule has 9 heteroatoms. The fraction of sp³-hybridized carbons (Fsp3) is 0.0750. The van der Waals surface area contributed by atoms with E-state index in [1.807, 2.05) is 0 Å².